The molecule has 0 bridgehead atoms. The fourth-order valence-electron chi connectivity index (χ4n) is 2.95. The van der Waals surface area contributed by atoms with E-state index in [0.29, 0.717) is 28.7 Å². The monoisotopic (exact) mass is 293 g/mol. The zero-order chi connectivity index (χ0) is 15.6. The molecule has 2 atom stereocenters. The molecule has 5 heteroatoms. The molecule has 21 heavy (non-hydrogen) atoms. The third-order valence-electron chi connectivity index (χ3n) is 3.96. The summed E-state index contributed by atoms with van der Waals surface area (Å²) >= 11 is 0. The van der Waals surface area contributed by atoms with Gasteiger partial charge in [0.05, 0.1) is 21.3 Å². The highest BCUT2D eigenvalue weighted by molar-refractivity contribution is 5.96. The van der Waals surface area contributed by atoms with Gasteiger partial charge in [-0.1, -0.05) is 6.92 Å². The van der Waals surface area contributed by atoms with Crippen LogP contribution >= 0.6 is 0 Å². The molecule has 2 unspecified atom stereocenters. The minimum absolute atomic E-state index is 0.00565. The number of amides is 1. The molecule has 2 rings (SSSR count). The van der Waals surface area contributed by atoms with E-state index in [1.165, 1.54) is 0 Å². The fraction of sp³-hybridized carbons (Fsp3) is 0.562. The lowest BCUT2D eigenvalue weighted by molar-refractivity contribution is 0.0743. The van der Waals surface area contributed by atoms with E-state index in [2.05, 4.69) is 13.8 Å². The maximum atomic E-state index is 12.7. The van der Waals surface area contributed by atoms with Crippen molar-refractivity contribution in [1.82, 2.24) is 4.90 Å². The van der Waals surface area contributed by atoms with E-state index in [9.17, 15) is 4.79 Å². The average Bonchev–Trinajstić information content (AvgIpc) is 2.83. The van der Waals surface area contributed by atoms with E-state index in [1.807, 2.05) is 4.90 Å². The zero-order valence-corrected chi connectivity index (χ0v) is 13.3. The smallest absolute Gasteiger partial charge is 0.254 e. The fourth-order valence-corrected chi connectivity index (χ4v) is 2.95. The normalized spacial score (nSPS) is 21.3. The van der Waals surface area contributed by atoms with Gasteiger partial charge in [-0.15, -0.1) is 0 Å². The number of carbonyl (C=O) groups is 1. The molecule has 0 spiro atoms. The number of hydrogen-bond acceptors (Lipinski definition) is 4. The average molecular weight is 293 g/mol. The topological polar surface area (TPSA) is 48.0 Å². The van der Waals surface area contributed by atoms with Gasteiger partial charge in [0.1, 0.15) is 0 Å². The van der Waals surface area contributed by atoms with Gasteiger partial charge in [0.2, 0.25) is 5.75 Å². The molecule has 1 saturated heterocycles. The number of nitrogens with zero attached hydrogens (tertiary/aromatic N) is 1. The molecule has 1 aliphatic heterocycles. The SMILES string of the molecule is COc1cc(C(=O)N2CC(C)CC2C)cc(OC)c1OC. The highest BCUT2D eigenvalue weighted by Gasteiger charge is 2.31. The van der Waals surface area contributed by atoms with Gasteiger partial charge in [0.25, 0.3) is 5.91 Å². The Morgan fingerprint density at radius 2 is 1.67 bits per heavy atom. The molecule has 1 fully saturated rings. The third kappa shape index (κ3) is 2.91. The molecule has 1 aliphatic rings. The van der Waals surface area contributed by atoms with Gasteiger partial charge >= 0.3 is 0 Å². The molecule has 0 N–H and O–H groups in total. The van der Waals surface area contributed by atoms with Gasteiger partial charge in [-0.3, -0.25) is 4.79 Å². The molecule has 1 aromatic rings. The third-order valence-corrected chi connectivity index (χ3v) is 3.96. The van der Waals surface area contributed by atoms with Crippen LogP contribution in [-0.4, -0.2) is 44.7 Å². The Hall–Kier alpha value is -1.91. The van der Waals surface area contributed by atoms with Crippen molar-refractivity contribution in [2.24, 2.45) is 5.92 Å². The summed E-state index contributed by atoms with van der Waals surface area (Å²) in [7, 11) is 4.64. The molecule has 0 aromatic heterocycles. The maximum absolute atomic E-state index is 12.7. The van der Waals surface area contributed by atoms with E-state index in [0.717, 1.165) is 13.0 Å². The lowest BCUT2D eigenvalue weighted by atomic mass is 10.1. The van der Waals surface area contributed by atoms with Gasteiger partial charge in [0, 0.05) is 18.2 Å². The van der Waals surface area contributed by atoms with Crippen LogP contribution < -0.4 is 14.2 Å². The highest BCUT2D eigenvalue weighted by atomic mass is 16.5. The van der Waals surface area contributed by atoms with Gasteiger partial charge < -0.3 is 19.1 Å². The van der Waals surface area contributed by atoms with Crippen LogP contribution in [0.5, 0.6) is 17.2 Å². The van der Waals surface area contributed by atoms with Crippen LogP contribution in [-0.2, 0) is 0 Å². The zero-order valence-electron chi connectivity index (χ0n) is 13.3. The van der Waals surface area contributed by atoms with E-state index < -0.39 is 0 Å². The lowest BCUT2D eigenvalue weighted by Gasteiger charge is -2.22. The first kappa shape index (κ1) is 15.5. The van der Waals surface area contributed by atoms with Crippen LogP contribution in [0.15, 0.2) is 12.1 Å². The van der Waals surface area contributed by atoms with Crippen LogP contribution in [0.25, 0.3) is 0 Å². The van der Waals surface area contributed by atoms with Gasteiger partial charge in [-0.2, -0.15) is 0 Å². The molecular formula is C16H23NO4. The second-order valence-electron chi connectivity index (χ2n) is 5.56. The first-order chi connectivity index (χ1) is 10.0. The Morgan fingerprint density at radius 3 is 2.05 bits per heavy atom. The summed E-state index contributed by atoms with van der Waals surface area (Å²) < 4.78 is 15.9. The van der Waals surface area contributed by atoms with Crippen LogP contribution in [0, 0.1) is 5.92 Å². The minimum Gasteiger partial charge on any atom is -0.493 e. The van der Waals surface area contributed by atoms with Crippen molar-refractivity contribution in [3.8, 4) is 17.2 Å². The van der Waals surface area contributed by atoms with Crippen LogP contribution in [0.4, 0.5) is 0 Å². The first-order valence-electron chi connectivity index (χ1n) is 7.12. The largest absolute Gasteiger partial charge is 0.493 e. The standard InChI is InChI=1S/C16H23NO4/c1-10-6-11(2)17(9-10)16(18)12-7-13(19-3)15(21-5)14(8-12)20-4/h7-8,10-11H,6,9H2,1-5H3. The summed E-state index contributed by atoms with van der Waals surface area (Å²) in [6.07, 6.45) is 1.04. The summed E-state index contributed by atoms with van der Waals surface area (Å²) in [6.45, 7) is 5.04. The summed E-state index contributed by atoms with van der Waals surface area (Å²) in [4.78, 5) is 14.6. The van der Waals surface area contributed by atoms with Crippen molar-refractivity contribution in [3.05, 3.63) is 17.7 Å². The Labute approximate surface area is 125 Å². The summed E-state index contributed by atoms with van der Waals surface area (Å²) in [5.41, 5.74) is 0.561. The number of methoxy groups -OCH3 is 3. The molecule has 1 aromatic carbocycles. The Balaban J connectivity index is 2.37. The number of hydrogen-bond donors (Lipinski definition) is 0. The number of carbonyl (C=O) groups excluding carboxylic acids is 1. The summed E-state index contributed by atoms with van der Waals surface area (Å²) in [5.74, 6) is 2.04. The van der Waals surface area contributed by atoms with Gasteiger partial charge in [0.15, 0.2) is 11.5 Å². The van der Waals surface area contributed by atoms with Crippen LogP contribution in [0.2, 0.25) is 0 Å². The van der Waals surface area contributed by atoms with E-state index in [4.69, 9.17) is 14.2 Å². The Bertz CT molecular complexity index is 504. The second-order valence-corrected chi connectivity index (χ2v) is 5.56. The minimum atomic E-state index is 0.00565. The first-order valence-corrected chi connectivity index (χ1v) is 7.12. The number of benzene rings is 1. The number of likely N-dealkylation sites (tertiary alicyclic amines) is 1. The summed E-state index contributed by atoms with van der Waals surface area (Å²) in [6, 6.07) is 3.67. The van der Waals surface area contributed by atoms with E-state index >= 15 is 0 Å². The van der Waals surface area contributed by atoms with Gasteiger partial charge in [-0.25, -0.2) is 0 Å². The Morgan fingerprint density at radius 1 is 1.10 bits per heavy atom. The van der Waals surface area contributed by atoms with E-state index in [-0.39, 0.29) is 11.9 Å². The lowest BCUT2D eigenvalue weighted by Crippen LogP contribution is -2.34. The molecule has 1 heterocycles. The number of rotatable bonds is 4. The molecule has 0 aliphatic carbocycles. The Kier molecular flexibility index (Phi) is 4.60. The molecule has 1 amide bonds. The molecule has 0 radical (unpaired) electrons. The predicted octanol–water partition coefficient (Wildman–Crippen LogP) is 2.58. The van der Waals surface area contributed by atoms with Crippen molar-refractivity contribution >= 4 is 5.91 Å². The summed E-state index contributed by atoms with van der Waals surface area (Å²) in [5, 5.41) is 0. The maximum Gasteiger partial charge on any atom is 0.254 e. The van der Waals surface area contributed by atoms with Crippen molar-refractivity contribution in [2.45, 2.75) is 26.3 Å². The predicted molar refractivity (Wildman–Crippen MR) is 80.4 cm³/mol. The number of ether oxygens (including phenoxy) is 3. The second kappa shape index (κ2) is 6.24. The van der Waals surface area contributed by atoms with E-state index in [1.54, 1.807) is 33.5 Å². The molecular weight excluding hydrogens is 270 g/mol. The quantitative estimate of drug-likeness (QED) is 0.856. The van der Waals surface area contributed by atoms with Crippen LogP contribution in [0.1, 0.15) is 30.6 Å². The highest BCUT2D eigenvalue weighted by Crippen LogP contribution is 2.39. The molecule has 0 saturated carbocycles. The van der Waals surface area contributed by atoms with Crippen molar-refractivity contribution < 1.29 is 19.0 Å². The van der Waals surface area contributed by atoms with Crippen molar-refractivity contribution in [3.63, 3.8) is 0 Å². The molecule has 5 nitrogen and oxygen atoms in total. The van der Waals surface area contributed by atoms with Crippen molar-refractivity contribution in [1.29, 1.82) is 0 Å². The van der Waals surface area contributed by atoms with Gasteiger partial charge in [-0.05, 0) is 31.4 Å². The molecule has 116 valence electrons. The van der Waals surface area contributed by atoms with Crippen molar-refractivity contribution in [2.75, 3.05) is 27.9 Å². The van der Waals surface area contributed by atoms with Crippen LogP contribution in [0.3, 0.4) is 0 Å².